The molecular formula is C37H26N11Na3O12S4. The number of nitrogens with two attached hydrogens (primary N) is 1. The maximum atomic E-state index is 12.5. The third-order valence-corrected chi connectivity index (χ3v) is 12.0. The molecule has 1 aromatic heterocycles. The van der Waals surface area contributed by atoms with Gasteiger partial charge in [0.15, 0.2) is 5.75 Å². The number of sulfonamides is 1. The summed E-state index contributed by atoms with van der Waals surface area (Å²) in [6.45, 7) is 0. The van der Waals surface area contributed by atoms with E-state index in [0.717, 1.165) is 48.5 Å². The molecule has 30 heteroatoms. The number of nitrogens with zero attached hydrogens (tertiary/aromatic N) is 7. The Labute approximate surface area is 448 Å². The molecule has 67 heavy (non-hydrogen) atoms. The molecule has 0 radical (unpaired) electrons. The van der Waals surface area contributed by atoms with Gasteiger partial charge in [0, 0.05) is 22.4 Å². The van der Waals surface area contributed by atoms with Gasteiger partial charge in [0.25, 0.3) is 0 Å². The van der Waals surface area contributed by atoms with E-state index in [1.165, 1.54) is 42.5 Å². The van der Waals surface area contributed by atoms with Crippen LogP contribution in [-0.2, 0) is 40.4 Å². The average Bonchev–Trinajstić information content (AvgIpc) is 3.22. The summed E-state index contributed by atoms with van der Waals surface area (Å²) in [4.78, 5) is 10.3. The van der Waals surface area contributed by atoms with Crippen LogP contribution >= 0.6 is 0 Å². The van der Waals surface area contributed by atoms with Gasteiger partial charge in [0.1, 0.15) is 41.7 Å². The average molecular weight is 1010 g/mol. The maximum Gasteiger partial charge on any atom is 1.00 e. The van der Waals surface area contributed by atoms with Crippen molar-refractivity contribution in [3.05, 3.63) is 121 Å². The number of aromatic nitrogens is 3. The first kappa shape index (κ1) is 55.2. The predicted octanol–water partition coefficient (Wildman–Crippen LogP) is -2.84. The molecule has 23 nitrogen and oxygen atoms in total. The fourth-order valence-electron chi connectivity index (χ4n) is 5.67. The summed E-state index contributed by atoms with van der Waals surface area (Å²) in [5, 5.41) is 40.3. The van der Waals surface area contributed by atoms with Crippen molar-refractivity contribution in [1.29, 1.82) is 0 Å². The first-order valence-electron chi connectivity index (χ1n) is 17.6. The summed E-state index contributed by atoms with van der Waals surface area (Å²) >= 11 is 0. The van der Waals surface area contributed by atoms with E-state index in [4.69, 9.17) is 5.14 Å². The van der Waals surface area contributed by atoms with Crippen LogP contribution in [0.5, 0.6) is 5.75 Å². The molecule has 7 aromatic rings. The Hall–Kier alpha value is -4.37. The number of anilines is 6. The van der Waals surface area contributed by atoms with Gasteiger partial charge in [-0.1, -0.05) is 24.3 Å². The Bertz CT molecular complexity index is 3510. The van der Waals surface area contributed by atoms with E-state index in [1.807, 2.05) is 0 Å². The second-order valence-corrected chi connectivity index (χ2v) is 18.7. The molecule has 0 amide bonds. The summed E-state index contributed by atoms with van der Waals surface area (Å²) in [7, 11) is -19.5. The number of phenolic OH excluding ortho intramolecular Hbond substituents is 1. The van der Waals surface area contributed by atoms with Crippen molar-refractivity contribution in [2.75, 3.05) is 16.0 Å². The summed E-state index contributed by atoms with van der Waals surface area (Å²) < 4.78 is 132. The molecule has 1 heterocycles. The molecule has 6 N–H and O–H groups in total. The molecule has 0 fully saturated rings. The number of benzene rings is 6. The SMILES string of the molecule is NS(=O)(=O)c1cccc(Nc2nc(Nc3ccccc3)nc(Nc3ccc4c(O)c(N=Nc5ccc(N=Nc6ccc(S(=O)(=O)[O-])cc6)cc5S(=O)(=O)[O-])c(S(=O)(=O)[O-])cc4c3)n2)c1.[Na+].[Na+].[Na+]. The third kappa shape index (κ3) is 14.3. The van der Waals surface area contributed by atoms with Gasteiger partial charge in [-0.15, -0.1) is 10.2 Å². The van der Waals surface area contributed by atoms with Gasteiger partial charge in [-0.25, -0.2) is 38.8 Å². The molecule has 0 aliphatic carbocycles. The van der Waals surface area contributed by atoms with Crippen LogP contribution in [0.25, 0.3) is 10.8 Å². The molecule has 328 valence electrons. The van der Waals surface area contributed by atoms with E-state index in [9.17, 15) is 52.4 Å². The summed E-state index contributed by atoms with van der Waals surface area (Å²) in [5.41, 5.74) is -0.643. The molecular weight excluding hydrogens is 988 g/mol. The van der Waals surface area contributed by atoms with Crippen molar-refractivity contribution in [2.45, 2.75) is 19.6 Å². The minimum atomic E-state index is -5.43. The Kier molecular flexibility index (Phi) is 18.4. The zero-order valence-electron chi connectivity index (χ0n) is 34.8. The monoisotopic (exact) mass is 1010 g/mol. The van der Waals surface area contributed by atoms with Gasteiger partial charge in [0.05, 0.1) is 31.0 Å². The van der Waals surface area contributed by atoms with E-state index >= 15 is 0 Å². The number of para-hydroxylation sites is 1. The third-order valence-electron chi connectivity index (χ3n) is 8.54. The zero-order chi connectivity index (χ0) is 46.0. The van der Waals surface area contributed by atoms with E-state index in [2.05, 4.69) is 51.4 Å². The summed E-state index contributed by atoms with van der Waals surface area (Å²) in [6.07, 6.45) is 0. The summed E-state index contributed by atoms with van der Waals surface area (Å²) in [6, 6.07) is 26.4. The van der Waals surface area contributed by atoms with Gasteiger partial charge < -0.3 is 34.7 Å². The number of azo groups is 2. The van der Waals surface area contributed by atoms with Crippen LogP contribution in [0.15, 0.2) is 161 Å². The predicted molar refractivity (Wildman–Crippen MR) is 225 cm³/mol. The van der Waals surface area contributed by atoms with Crippen LogP contribution in [0.3, 0.4) is 0 Å². The normalized spacial score (nSPS) is 11.9. The molecule has 0 atom stereocenters. The smallest absolute Gasteiger partial charge is 0.744 e. The minimum Gasteiger partial charge on any atom is -0.744 e. The Morgan fingerprint density at radius 3 is 1.60 bits per heavy atom. The van der Waals surface area contributed by atoms with Crippen LogP contribution in [0, 0.1) is 0 Å². The molecule has 0 bridgehead atoms. The van der Waals surface area contributed by atoms with Crippen LogP contribution in [-0.4, -0.2) is 67.4 Å². The molecule has 7 rings (SSSR count). The number of rotatable bonds is 14. The molecule has 0 aliphatic heterocycles. The molecule has 0 saturated heterocycles. The summed E-state index contributed by atoms with van der Waals surface area (Å²) in [5.74, 6) is -0.990. The van der Waals surface area contributed by atoms with E-state index in [0.29, 0.717) is 5.69 Å². The van der Waals surface area contributed by atoms with Crippen molar-refractivity contribution in [1.82, 2.24) is 15.0 Å². The number of primary sulfonamides is 1. The number of phenols is 1. The van der Waals surface area contributed by atoms with E-state index < -0.39 is 72.2 Å². The Balaban J connectivity index is 0.00000327. The quantitative estimate of drug-likeness (QED) is 0.0416. The molecule has 6 aromatic carbocycles. The van der Waals surface area contributed by atoms with E-state index in [1.54, 1.807) is 30.3 Å². The van der Waals surface area contributed by atoms with Crippen molar-refractivity contribution in [3.8, 4) is 5.75 Å². The number of hydrogen-bond donors (Lipinski definition) is 5. The molecule has 0 aliphatic rings. The number of nitrogens with one attached hydrogen (secondary N) is 3. The van der Waals surface area contributed by atoms with Crippen molar-refractivity contribution < 1.29 is 141 Å². The van der Waals surface area contributed by atoms with Crippen LogP contribution in [0.4, 0.5) is 57.7 Å². The topological polar surface area (TPSA) is 376 Å². The van der Waals surface area contributed by atoms with Crippen LogP contribution in [0.2, 0.25) is 0 Å². The van der Waals surface area contributed by atoms with Gasteiger partial charge in [-0.3, -0.25) is 0 Å². The maximum absolute atomic E-state index is 12.5. The molecule has 0 unspecified atom stereocenters. The molecule has 0 spiro atoms. The van der Waals surface area contributed by atoms with Gasteiger partial charge >= 0.3 is 88.7 Å². The van der Waals surface area contributed by atoms with Gasteiger partial charge in [-0.05, 0) is 102 Å². The van der Waals surface area contributed by atoms with E-state index in [-0.39, 0.29) is 145 Å². The Morgan fingerprint density at radius 1 is 0.493 bits per heavy atom. The minimum absolute atomic E-state index is 0. The van der Waals surface area contributed by atoms with Crippen LogP contribution < -0.4 is 110 Å². The fourth-order valence-corrected chi connectivity index (χ4v) is 7.97. The number of aromatic hydroxyl groups is 1. The first-order valence-corrected chi connectivity index (χ1v) is 23.4. The molecule has 0 saturated carbocycles. The fraction of sp³-hybridized carbons (Fsp3) is 0. The van der Waals surface area contributed by atoms with Crippen LogP contribution in [0.1, 0.15) is 0 Å². The number of hydrogen-bond acceptors (Lipinski definition) is 22. The zero-order valence-corrected chi connectivity index (χ0v) is 44.1. The largest absolute Gasteiger partial charge is 1.00 e. The van der Waals surface area contributed by atoms with Crippen molar-refractivity contribution in [3.63, 3.8) is 0 Å². The van der Waals surface area contributed by atoms with Crippen molar-refractivity contribution >= 4 is 109 Å². The van der Waals surface area contributed by atoms with Crippen molar-refractivity contribution in [2.24, 2.45) is 25.6 Å². The second kappa shape index (κ2) is 22.4. The van der Waals surface area contributed by atoms with Gasteiger partial charge in [-0.2, -0.15) is 25.2 Å². The number of fused-ring (bicyclic) bond motifs is 1. The standard InChI is InChI=1S/C37H29N11O12S4.3Na/c38-61(50,51)28-8-4-7-24(19-28)40-36-42-35(39-22-5-2-1-3-6-22)43-37(44-36)41-25-11-15-29-21(17-25)18-32(64(58,59)60)33(34(29)49)48-47-30-16-12-26(20-31(30)63(55,56)57)46-45-23-9-13-27(14-10-23)62(52,53)54;;;/h1-20,49H,(H2,38,50,51)(H,52,53,54)(H,55,56,57)(H,58,59,60)(H3,39,40,41,42,43,44);;;/q;3*+1/p-3. The second-order valence-electron chi connectivity index (χ2n) is 13.0. The Morgan fingerprint density at radius 2 is 1.03 bits per heavy atom. The first-order chi connectivity index (χ1) is 30.1. The van der Waals surface area contributed by atoms with Gasteiger partial charge in [0.2, 0.25) is 27.9 Å².